The molecular weight excluding hydrogens is 356 g/mol. The molecule has 0 atom stereocenters. The van der Waals surface area contributed by atoms with Crippen molar-refractivity contribution in [2.75, 3.05) is 0 Å². The highest BCUT2D eigenvalue weighted by Crippen LogP contribution is 2.28. The fourth-order valence-electron chi connectivity index (χ4n) is 3.29. The SMILES string of the molecule is O=c1cc(COc2ccc(-c3nnco3)cc2)c2c(ccc3ccccc32)o1. The van der Waals surface area contributed by atoms with E-state index in [1.165, 1.54) is 12.5 Å². The van der Waals surface area contributed by atoms with Crippen LogP contribution in [0.2, 0.25) is 0 Å². The van der Waals surface area contributed by atoms with Gasteiger partial charge in [0.05, 0.1) is 0 Å². The Hall–Kier alpha value is -3.93. The Morgan fingerprint density at radius 3 is 2.64 bits per heavy atom. The number of nitrogens with zero attached hydrogens (tertiary/aromatic N) is 2. The monoisotopic (exact) mass is 370 g/mol. The molecule has 0 aliphatic rings. The van der Waals surface area contributed by atoms with E-state index in [9.17, 15) is 4.79 Å². The van der Waals surface area contributed by atoms with Gasteiger partial charge in [-0.1, -0.05) is 30.3 Å². The van der Waals surface area contributed by atoms with Crippen LogP contribution in [0.25, 0.3) is 33.2 Å². The van der Waals surface area contributed by atoms with Crippen LogP contribution in [0.5, 0.6) is 5.75 Å². The van der Waals surface area contributed by atoms with Gasteiger partial charge in [-0.2, -0.15) is 0 Å². The first-order valence-corrected chi connectivity index (χ1v) is 8.72. The smallest absolute Gasteiger partial charge is 0.336 e. The molecule has 0 spiro atoms. The Morgan fingerprint density at radius 1 is 0.964 bits per heavy atom. The van der Waals surface area contributed by atoms with E-state index in [0.29, 0.717) is 17.2 Å². The van der Waals surface area contributed by atoms with Gasteiger partial charge in [-0.05, 0) is 41.1 Å². The molecule has 0 bridgehead atoms. The normalized spacial score (nSPS) is 11.1. The molecule has 136 valence electrons. The summed E-state index contributed by atoms with van der Waals surface area (Å²) in [7, 11) is 0. The number of rotatable bonds is 4. The van der Waals surface area contributed by atoms with E-state index >= 15 is 0 Å². The van der Waals surface area contributed by atoms with E-state index in [1.54, 1.807) is 0 Å². The summed E-state index contributed by atoms with van der Waals surface area (Å²) in [4.78, 5) is 12.0. The Labute approximate surface area is 159 Å². The van der Waals surface area contributed by atoms with Gasteiger partial charge < -0.3 is 13.6 Å². The minimum Gasteiger partial charge on any atom is -0.489 e. The lowest BCUT2D eigenvalue weighted by atomic mass is 10.0. The van der Waals surface area contributed by atoms with Crippen LogP contribution in [-0.2, 0) is 6.61 Å². The van der Waals surface area contributed by atoms with Crippen molar-refractivity contribution in [3.63, 3.8) is 0 Å². The lowest BCUT2D eigenvalue weighted by Crippen LogP contribution is -2.04. The van der Waals surface area contributed by atoms with Crippen molar-refractivity contribution in [2.45, 2.75) is 6.61 Å². The van der Waals surface area contributed by atoms with Crippen LogP contribution in [0.15, 0.2) is 86.8 Å². The van der Waals surface area contributed by atoms with Crippen molar-refractivity contribution in [3.8, 4) is 17.2 Å². The standard InChI is InChI=1S/C22H14N2O4/c25-20-11-16(21-18-4-2-1-3-14(18)7-10-19(21)28-20)12-26-17-8-5-15(6-9-17)22-24-23-13-27-22/h1-11,13H,12H2. The van der Waals surface area contributed by atoms with Gasteiger partial charge in [0.1, 0.15) is 17.9 Å². The largest absolute Gasteiger partial charge is 0.489 e. The van der Waals surface area contributed by atoms with Crippen LogP contribution in [0.4, 0.5) is 0 Å². The molecule has 0 saturated carbocycles. The molecule has 6 heteroatoms. The summed E-state index contributed by atoms with van der Waals surface area (Å²) in [6.45, 7) is 0.246. The second-order valence-electron chi connectivity index (χ2n) is 6.31. The fourth-order valence-corrected chi connectivity index (χ4v) is 3.29. The van der Waals surface area contributed by atoms with Crippen LogP contribution in [-0.4, -0.2) is 10.2 Å². The summed E-state index contributed by atoms with van der Waals surface area (Å²) in [6.07, 6.45) is 1.29. The lowest BCUT2D eigenvalue weighted by molar-refractivity contribution is 0.307. The molecule has 6 nitrogen and oxygen atoms in total. The van der Waals surface area contributed by atoms with E-state index < -0.39 is 5.63 Å². The third-order valence-electron chi connectivity index (χ3n) is 4.57. The predicted octanol–water partition coefficient (Wildman–Crippen LogP) is 4.58. The zero-order chi connectivity index (χ0) is 18.9. The summed E-state index contributed by atoms with van der Waals surface area (Å²) >= 11 is 0. The van der Waals surface area contributed by atoms with Crippen molar-refractivity contribution >= 4 is 21.7 Å². The highest BCUT2D eigenvalue weighted by molar-refractivity contribution is 6.07. The first-order valence-electron chi connectivity index (χ1n) is 8.72. The molecule has 5 rings (SSSR count). The fraction of sp³-hybridized carbons (Fsp3) is 0.0455. The molecule has 0 saturated heterocycles. The molecule has 28 heavy (non-hydrogen) atoms. The zero-order valence-corrected chi connectivity index (χ0v) is 14.7. The van der Waals surface area contributed by atoms with Crippen molar-refractivity contribution in [1.29, 1.82) is 0 Å². The maximum absolute atomic E-state index is 12.0. The van der Waals surface area contributed by atoms with Gasteiger partial charge in [0.25, 0.3) is 0 Å². The Morgan fingerprint density at radius 2 is 1.82 bits per heavy atom. The van der Waals surface area contributed by atoms with Gasteiger partial charge in [-0.3, -0.25) is 0 Å². The van der Waals surface area contributed by atoms with Gasteiger partial charge in [0.2, 0.25) is 12.3 Å². The van der Waals surface area contributed by atoms with Crippen LogP contribution in [0, 0.1) is 0 Å². The van der Waals surface area contributed by atoms with Crippen LogP contribution in [0.1, 0.15) is 5.56 Å². The summed E-state index contributed by atoms with van der Waals surface area (Å²) < 4.78 is 16.5. The van der Waals surface area contributed by atoms with Gasteiger partial charge in [-0.25, -0.2) is 4.79 Å². The van der Waals surface area contributed by atoms with E-state index in [4.69, 9.17) is 13.6 Å². The second-order valence-corrected chi connectivity index (χ2v) is 6.31. The molecule has 2 heterocycles. The number of ether oxygens (including phenoxy) is 1. The Balaban J connectivity index is 1.49. The second kappa shape index (κ2) is 6.66. The minimum absolute atomic E-state index is 0.246. The topological polar surface area (TPSA) is 78.4 Å². The van der Waals surface area contributed by atoms with Gasteiger partial charge >= 0.3 is 5.63 Å². The van der Waals surface area contributed by atoms with Crippen LogP contribution >= 0.6 is 0 Å². The summed E-state index contributed by atoms with van der Waals surface area (Å²) in [5, 5.41) is 10.5. The molecular formula is C22H14N2O4. The Bertz CT molecular complexity index is 1320. The third-order valence-corrected chi connectivity index (χ3v) is 4.57. The van der Waals surface area contributed by atoms with Gasteiger partial charge in [0, 0.05) is 22.6 Å². The molecule has 2 aromatic heterocycles. The molecule has 0 radical (unpaired) electrons. The maximum Gasteiger partial charge on any atom is 0.336 e. The van der Waals surface area contributed by atoms with Gasteiger partial charge in [0.15, 0.2) is 0 Å². The number of hydrogen-bond acceptors (Lipinski definition) is 6. The minimum atomic E-state index is -0.395. The van der Waals surface area contributed by atoms with Crippen LogP contribution in [0.3, 0.4) is 0 Å². The molecule has 0 unspecified atom stereocenters. The van der Waals surface area contributed by atoms with E-state index in [1.807, 2.05) is 60.7 Å². The van der Waals surface area contributed by atoms with Crippen molar-refractivity contribution in [1.82, 2.24) is 10.2 Å². The predicted molar refractivity (Wildman–Crippen MR) is 104 cm³/mol. The van der Waals surface area contributed by atoms with E-state index in [2.05, 4.69) is 10.2 Å². The number of fused-ring (bicyclic) bond motifs is 3. The highest BCUT2D eigenvalue weighted by Gasteiger charge is 2.11. The third kappa shape index (κ3) is 2.91. The molecule has 0 aliphatic heterocycles. The number of hydrogen-bond donors (Lipinski definition) is 0. The molecule has 3 aromatic carbocycles. The van der Waals surface area contributed by atoms with Crippen molar-refractivity contribution < 1.29 is 13.6 Å². The first-order chi connectivity index (χ1) is 13.8. The molecule has 0 aliphatic carbocycles. The number of benzene rings is 3. The molecule has 0 amide bonds. The van der Waals surface area contributed by atoms with Crippen LogP contribution < -0.4 is 10.4 Å². The Kier molecular flexibility index (Phi) is 3.87. The molecule has 5 aromatic rings. The molecule has 0 N–H and O–H groups in total. The van der Waals surface area contributed by atoms with E-state index in [-0.39, 0.29) is 6.61 Å². The quantitative estimate of drug-likeness (QED) is 0.340. The van der Waals surface area contributed by atoms with Crippen molar-refractivity contribution in [2.24, 2.45) is 0 Å². The van der Waals surface area contributed by atoms with E-state index in [0.717, 1.165) is 27.3 Å². The molecule has 0 fully saturated rings. The van der Waals surface area contributed by atoms with Gasteiger partial charge in [-0.15, -0.1) is 10.2 Å². The summed E-state index contributed by atoms with van der Waals surface area (Å²) in [5.74, 6) is 1.12. The average Bonchev–Trinajstić information content (AvgIpc) is 3.27. The highest BCUT2D eigenvalue weighted by atomic mass is 16.5. The lowest BCUT2D eigenvalue weighted by Gasteiger charge is -2.10. The summed E-state index contributed by atoms with van der Waals surface area (Å²) in [5.41, 5.74) is 1.75. The zero-order valence-electron chi connectivity index (χ0n) is 14.7. The average molecular weight is 370 g/mol. The number of aromatic nitrogens is 2. The van der Waals surface area contributed by atoms with Crippen molar-refractivity contribution in [3.05, 3.63) is 89.1 Å². The summed E-state index contributed by atoms with van der Waals surface area (Å²) in [6, 6.07) is 20.6. The maximum atomic E-state index is 12.0. The first kappa shape index (κ1) is 16.3.